The van der Waals surface area contributed by atoms with Crippen molar-refractivity contribution in [2.45, 2.75) is 58.6 Å². The fourth-order valence-corrected chi connectivity index (χ4v) is 3.38. The minimum Gasteiger partial charge on any atom is -0.493 e. The number of hydrogen-bond donors (Lipinski definition) is 1. The third-order valence-electron chi connectivity index (χ3n) is 4.47. The highest BCUT2D eigenvalue weighted by atomic mass is 35.5. The first-order chi connectivity index (χ1) is 11.9. The topological polar surface area (TPSA) is 47.6 Å². The summed E-state index contributed by atoms with van der Waals surface area (Å²) < 4.78 is 11.1. The predicted molar refractivity (Wildman–Crippen MR) is 102 cm³/mol. The van der Waals surface area contributed by atoms with Crippen LogP contribution in [0, 0.1) is 5.92 Å². The third-order valence-corrected chi connectivity index (χ3v) is 4.75. The lowest BCUT2D eigenvalue weighted by Crippen LogP contribution is -2.40. The summed E-state index contributed by atoms with van der Waals surface area (Å²) in [7, 11) is 1.57. The quantitative estimate of drug-likeness (QED) is 0.733. The molecule has 138 valence electrons. The Labute approximate surface area is 155 Å². The Bertz CT molecular complexity index is 628. The molecule has 1 fully saturated rings. The molecule has 1 N–H and O–H groups in total. The number of carbonyl (C=O) groups is 1. The van der Waals surface area contributed by atoms with Crippen molar-refractivity contribution in [1.82, 2.24) is 5.32 Å². The van der Waals surface area contributed by atoms with Gasteiger partial charge in [-0.25, -0.2) is 0 Å². The van der Waals surface area contributed by atoms with Crippen LogP contribution in [0.2, 0.25) is 5.02 Å². The van der Waals surface area contributed by atoms with Crippen LogP contribution >= 0.6 is 11.6 Å². The van der Waals surface area contributed by atoms with Gasteiger partial charge in [0.15, 0.2) is 11.5 Å². The van der Waals surface area contributed by atoms with E-state index in [1.807, 2.05) is 19.9 Å². The fraction of sp³-hybridized carbons (Fsp3) is 0.550. The standard InChI is InChI=1S/C20H28ClNO3/c1-13(2)25-20-16(21)11-15(12-18(20)24-4)9-10-19(23)22-17-8-6-5-7-14(17)3/h9-14,17H,5-8H2,1-4H3,(H,22,23)/b10-9+. The molecular formula is C20H28ClNO3. The molecule has 0 aromatic heterocycles. The lowest BCUT2D eigenvalue weighted by atomic mass is 9.86. The number of benzene rings is 1. The van der Waals surface area contributed by atoms with Gasteiger partial charge in [0.2, 0.25) is 5.91 Å². The highest BCUT2D eigenvalue weighted by Crippen LogP contribution is 2.37. The molecule has 5 heteroatoms. The Morgan fingerprint density at radius 3 is 2.68 bits per heavy atom. The minimum absolute atomic E-state index is 0.00365. The summed E-state index contributed by atoms with van der Waals surface area (Å²) in [5, 5.41) is 3.57. The molecule has 2 atom stereocenters. The molecule has 1 saturated carbocycles. The van der Waals surface area contributed by atoms with E-state index in [1.54, 1.807) is 25.3 Å². The zero-order valence-corrected chi connectivity index (χ0v) is 16.2. The first-order valence-electron chi connectivity index (χ1n) is 8.93. The smallest absolute Gasteiger partial charge is 0.244 e. The molecule has 1 aliphatic carbocycles. The van der Waals surface area contributed by atoms with Gasteiger partial charge in [-0.1, -0.05) is 31.4 Å². The fourth-order valence-electron chi connectivity index (χ4n) is 3.12. The summed E-state index contributed by atoms with van der Waals surface area (Å²) in [4.78, 5) is 12.2. The number of hydrogen-bond acceptors (Lipinski definition) is 3. The third kappa shape index (κ3) is 5.67. The molecule has 0 heterocycles. The summed E-state index contributed by atoms with van der Waals surface area (Å²) >= 11 is 6.31. The number of ether oxygens (including phenoxy) is 2. The van der Waals surface area contributed by atoms with E-state index in [9.17, 15) is 4.79 Å². The Morgan fingerprint density at radius 1 is 1.32 bits per heavy atom. The van der Waals surface area contributed by atoms with Crippen LogP contribution in [0.4, 0.5) is 0 Å². The van der Waals surface area contributed by atoms with Gasteiger partial charge in [0.25, 0.3) is 0 Å². The van der Waals surface area contributed by atoms with Gasteiger partial charge in [-0.2, -0.15) is 0 Å². The largest absolute Gasteiger partial charge is 0.493 e. The Morgan fingerprint density at radius 2 is 2.04 bits per heavy atom. The summed E-state index contributed by atoms with van der Waals surface area (Å²) in [6.07, 6.45) is 7.97. The molecule has 0 spiro atoms. The van der Waals surface area contributed by atoms with Crippen molar-refractivity contribution in [3.63, 3.8) is 0 Å². The monoisotopic (exact) mass is 365 g/mol. The molecule has 0 saturated heterocycles. The second-order valence-corrected chi connectivity index (χ2v) is 7.32. The van der Waals surface area contributed by atoms with E-state index in [2.05, 4.69) is 12.2 Å². The Balaban J connectivity index is 2.07. The van der Waals surface area contributed by atoms with Gasteiger partial charge in [-0.05, 0) is 56.4 Å². The lowest BCUT2D eigenvalue weighted by molar-refractivity contribution is -0.117. The highest BCUT2D eigenvalue weighted by molar-refractivity contribution is 6.32. The average molecular weight is 366 g/mol. The van der Waals surface area contributed by atoms with Gasteiger partial charge < -0.3 is 14.8 Å². The van der Waals surface area contributed by atoms with Gasteiger partial charge in [-0.15, -0.1) is 0 Å². The van der Waals surface area contributed by atoms with Gasteiger partial charge in [0.05, 0.1) is 18.2 Å². The maximum atomic E-state index is 12.2. The molecule has 0 radical (unpaired) electrons. The van der Waals surface area contributed by atoms with E-state index in [4.69, 9.17) is 21.1 Å². The van der Waals surface area contributed by atoms with Crippen molar-refractivity contribution in [2.75, 3.05) is 7.11 Å². The van der Waals surface area contributed by atoms with E-state index in [1.165, 1.54) is 19.3 Å². The molecule has 4 nitrogen and oxygen atoms in total. The first-order valence-corrected chi connectivity index (χ1v) is 9.31. The predicted octanol–water partition coefficient (Wildman–Crippen LogP) is 4.84. The molecule has 2 rings (SSSR count). The molecule has 1 aromatic rings. The Kier molecular flexibility index (Phi) is 7.18. The van der Waals surface area contributed by atoms with Gasteiger partial charge in [0, 0.05) is 12.1 Å². The maximum Gasteiger partial charge on any atom is 0.244 e. The Hall–Kier alpha value is -1.68. The summed E-state index contributed by atoms with van der Waals surface area (Å²) in [5.41, 5.74) is 0.796. The number of methoxy groups -OCH3 is 1. The average Bonchev–Trinajstić information content (AvgIpc) is 2.56. The van der Waals surface area contributed by atoms with Crippen molar-refractivity contribution in [2.24, 2.45) is 5.92 Å². The number of rotatable bonds is 6. The van der Waals surface area contributed by atoms with Crippen molar-refractivity contribution < 1.29 is 14.3 Å². The summed E-state index contributed by atoms with van der Waals surface area (Å²) in [6.45, 7) is 6.06. The number of amides is 1. The van der Waals surface area contributed by atoms with Crippen LogP contribution < -0.4 is 14.8 Å². The van der Waals surface area contributed by atoms with Crippen molar-refractivity contribution in [1.29, 1.82) is 0 Å². The molecule has 1 amide bonds. The maximum absolute atomic E-state index is 12.2. The lowest BCUT2D eigenvalue weighted by Gasteiger charge is -2.29. The van der Waals surface area contributed by atoms with E-state index in [0.29, 0.717) is 22.4 Å². The zero-order chi connectivity index (χ0) is 18.4. The SMILES string of the molecule is COc1cc(/C=C/C(=O)NC2CCCCC2C)cc(Cl)c1OC(C)C. The van der Waals surface area contributed by atoms with E-state index in [-0.39, 0.29) is 18.1 Å². The van der Waals surface area contributed by atoms with Gasteiger partial charge in [0.1, 0.15) is 0 Å². The van der Waals surface area contributed by atoms with E-state index in [0.717, 1.165) is 12.0 Å². The van der Waals surface area contributed by atoms with Gasteiger partial charge in [-0.3, -0.25) is 4.79 Å². The number of nitrogens with one attached hydrogen (secondary N) is 1. The van der Waals surface area contributed by atoms with Crippen LogP contribution in [0.3, 0.4) is 0 Å². The molecule has 1 aliphatic rings. The molecule has 0 bridgehead atoms. The van der Waals surface area contributed by atoms with E-state index < -0.39 is 0 Å². The van der Waals surface area contributed by atoms with Crippen LogP contribution in [0.5, 0.6) is 11.5 Å². The second kappa shape index (κ2) is 9.14. The molecular weight excluding hydrogens is 338 g/mol. The summed E-state index contributed by atoms with van der Waals surface area (Å²) in [5.74, 6) is 1.54. The minimum atomic E-state index is -0.0728. The van der Waals surface area contributed by atoms with Crippen LogP contribution in [0.25, 0.3) is 6.08 Å². The van der Waals surface area contributed by atoms with Gasteiger partial charge >= 0.3 is 0 Å². The second-order valence-electron chi connectivity index (χ2n) is 6.91. The van der Waals surface area contributed by atoms with Crippen LogP contribution in [-0.2, 0) is 4.79 Å². The molecule has 2 unspecified atom stereocenters. The van der Waals surface area contributed by atoms with Crippen molar-refractivity contribution in [3.8, 4) is 11.5 Å². The van der Waals surface area contributed by atoms with Crippen LogP contribution in [0.15, 0.2) is 18.2 Å². The zero-order valence-electron chi connectivity index (χ0n) is 15.5. The molecule has 25 heavy (non-hydrogen) atoms. The number of carbonyl (C=O) groups excluding carboxylic acids is 1. The van der Waals surface area contributed by atoms with Crippen molar-refractivity contribution in [3.05, 3.63) is 28.8 Å². The highest BCUT2D eigenvalue weighted by Gasteiger charge is 2.22. The molecule has 0 aliphatic heterocycles. The first kappa shape index (κ1) is 19.6. The van der Waals surface area contributed by atoms with E-state index >= 15 is 0 Å². The number of halogens is 1. The molecule has 1 aromatic carbocycles. The summed E-state index contributed by atoms with van der Waals surface area (Å²) in [6, 6.07) is 3.86. The van der Waals surface area contributed by atoms with Crippen molar-refractivity contribution >= 4 is 23.6 Å². The van der Waals surface area contributed by atoms with Crippen LogP contribution in [-0.4, -0.2) is 25.2 Å². The normalized spacial score (nSPS) is 20.7. The van der Waals surface area contributed by atoms with Crippen LogP contribution in [0.1, 0.15) is 52.0 Å².